The van der Waals surface area contributed by atoms with E-state index in [2.05, 4.69) is 41.2 Å². The van der Waals surface area contributed by atoms with Crippen molar-refractivity contribution in [1.29, 1.82) is 0 Å². The summed E-state index contributed by atoms with van der Waals surface area (Å²) in [7, 11) is -2.00. The molecule has 0 aliphatic rings. The molecule has 0 saturated carbocycles. The van der Waals surface area contributed by atoms with E-state index in [0.29, 0.717) is 12.2 Å². The van der Waals surface area contributed by atoms with Gasteiger partial charge in [0.1, 0.15) is 0 Å². The third-order valence-electron chi connectivity index (χ3n) is 4.54. The Hall–Kier alpha value is 0.137. The van der Waals surface area contributed by atoms with Crippen LogP contribution in [0.5, 0.6) is 0 Å². The lowest BCUT2D eigenvalue weighted by Crippen LogP contribution is -2.43. The Morgan fingerprint density at radius 2 is 1.09 bits per heavy atom. The Morgan fingerprint density at radius 1 is 0.682 bits per heavy atom. The lowest BCUT2D eigenvalue weighted by Gasteiger charge is -2.32. The second-order valence-electron chi connectivity index (χ2n) is 7.03. The van der Waals surface area contributed by atoms with Crippen molar-refractivity contribution in [2.75, 3.05) is 0 Å². The molecule has 0 radical (unpaired) electrons. The summed E-state index contributed by atoms with van der Waals surface area (Å²) >= 11 is 0. The van der Waals surface area contributed by atoms with Crippen LogP contribution < -0.4 is 0 Å². The largest absolute Gasteiger partial charge is 0.392 e. The van der Waals surface area contributed by atoms with E-state index in [1.54, 1.807) is 0 Å². The van der Waals surface area contributed by atoms with Gasteiger partial charge >= 0.3 is 8.56 Å². The van der Waals surface area contributed by atoms with E-state index in [1.165, 1.54) is 51.4 Å². The minimum absolute atomic E-state index is 0.328. The van der Waals surface area contributed by atoms with Crippen molar-refractivity contribution in [1.82, 2.24) is 0 Å². The molecule has 0 aromatic heterocycles. The van der Waals surface area contributed by atoms with Gasteiger partial charge in [0.25, 0.3) is 0 Å². The van der Waals surface area contributed by atoms with Crippen molar-refractivity contribution in [3.63, 3.8) is 0 Å². The highest BCUT2D eigenvalue weighted by molar-refractivity contribution is 6.66. The Balaban J connectivity index is 4.02. The summed E-state index contributed by atoms with van der Waals surface area (Å²) in [5.41, 5.74) is 0. The van der Waals surface area contributed by atoms with Crippen molar-refractivity contribution in [2.45, 2.75) is 124 Å². The zero-order valence-electron chi connectivity index (χ0n) is 16.2. The predicted octanol–water partition coefficient (Wildman–Crippen LogP) is 6.83. The SMILES string of the molecule is CCCCCCCCCC[Si](C)(OC(C)CC)OC(C)CC. The maximum absolute atomic E-state index is 6.34. The van der Waals surface area contributed by atoms with Crippen LogP contribution in [0.25, 0.3) is 0 Å². The quantitative estimate of drug-likeness (QED) is 0.242. The smallest absolute Gasteiger partial charge is 0.335 e. The molecule has 0 amide bonds. The second-order valence-corrected chi connectivity index (χ2v) is 10.3. The van der Waals surface area contributed by atoms with E-state index in [1.807, 2.05) is 0 Å². The van der Waals surface area contributed by atoms with Crippen LogP contribution in [0, 0.1) is 0 Å². The fourth-order valence-electron chi connectivity index (χ4n) is 2.74. The normalized spacial score (nSPS) is 17.2. The van der Waals surface area contributed by atoms with Crippen molar-refractivity contribution in [3.8, 4) is 0 Å². The van der Waals surface area contributed by atoms with Crippen molar-refractivity contribution < 1.29 is 8.85 Å². The van der Waals surface area contributed by atoms with Crippen LogP contribution in [-0.2, 0) is 8.85 Å². The van der Waals surface area contributed by atoms with Crippen LogP contribution in [0.4, 0.5) is 0 Å². The molecule has 0 aliphatic carbocycles. The fraction of sp³-hybridized carbons (Fsp3) is 1.00. The van der Waals surface area contributed by atoms with Gasteiger partial charge in [-0.2, -0.15) is 0 Å². The molecule has 22 heavy (non-hydrogen) atoms. The monoisotopic (exact) mass is 330 g/mol. The molecule has 0 N–H and O–H groups in total. The summed E-state index contributed by atoms with van der Waals surface area (Å²) in [4.78, 5) is 0. The van der Waals surface area contributed by atoms with Gasteiger partial charge in [0.2, 0.25) is 0 Å². The van der Waals surface area contributed by atoms with Crippen LogP contribution in [0.15, 0.2) is 0 Å². The van der Waals surface area contributed by atoms with E-state index < -0.39 is 8.56 Å². The molecule has 0 rings (SSSR count). The molecule has 0 aromatic carbocycles. The average molecular weight is 331 g/mol. The molecule has 134 valence electrons. The molecule has 2 nitrogen and oxygen atoms in total. The minimum atomic E-state index is -2.00. The standard InChI is InChI=1S/C19H42O2Si/c1-7-10-11-12-13-14-15-16-17-22(6,20-18(4)8-2)21-19(5)9-3/h18-19H,7-17H2,1-6H3. The molecule has 2 unspecified atom stereocenters. The Labute approximate surface area is 141 Å². The van der Waals surface area contributed by atoms with Gasteiger partial charge < -0.3 is 8.85 Å². The van der Waals surface area contributed by atoms with E-state index >= 15 is 0 Å². The van der Waals surface area contributed by atoms with Gasteiger partial charge in [0.15, 0.2) is 0 Å². The third kappa shape index (κ3) is 11.7. The molecule has 0 spiro atoms. The molecule has 3 heteroatoms. The van der Waals surface area contributed by atoms with Gasteiger partial charge in [-0.05, 0) is 39.3 Å². The van der Waals surface area contributed by atoms with Gasteiger partial charge in [0, 0.05) is 12.2 Å². The van der Waals surface area contributed by atoms with E-state index in [0.717, 1.165) is 18.9 Å². The summed E-state index contributed by atoms with van der Waals surface area (Å²) in [5.74, 6) is 0. The highest BCUT2D eigenvalue weighted by Gasteiger charge is 2.34. The molecule has 0 saturated heterocycles. The van der Waals surface area contributed by atoms with Gasteiger partial charge in [-0.1, -0.05) is 72.1 Å². The summed E-state index contributed by atoms with van der Waals surface area (Å²) in [5, 5.41) is 0. The molecular weight excluding hydrogens is 288 g/mol. The highest BCUT2D eigenvalue weighted by Crippen LogP contribution is 2.23. The Kier molecular flexibility index (Phi) is 13.6. The van der Waals surface area contributed by atoms with Gasteiger partial charge in [-0.15, -0.1) is 0 Å². The summed E-state index contributed by atoms with van der Waals surface area (Å²) < 4.78 is 12.7. The molecule has 0 bridgehead atoms. The third-order valence-corrected chi connectivity index (χ3v) is 7.60. The second kappa shape index (κ2) is 13.6. The number of unbranched alkanes of at least 4 members (excludes halogenated alkanes) is 7. The zero-order valence-corrected chi connectivity index (χ0v) is 17.2. The Morgan fingerprint density at radius 3 is 1.50 bits per heavy atom. The first kappa shape index (κ1) is 22.1. The first-order valence-electron chi connectivity index (χ1n) is 9.83. The highest BCUT2D eigenvalue weighted by atomic mass is 28.4. The van der Waals surface area contributed by atoms with E-state index in [4.69, 9.17) is 8.85 Å². The van der Waals surface area contributed by atoms with Crippen LogP contribution in [0.1, 0.15) is 98.8 Å². The Bertz CT molecular complexity index is 234. The molecular formula is C19H42O2Si. The number of hydrogen-bond acceptors (Lipinski definition) is 2. The summed E-state index contributed by atoms with van der Waals surface area (Å²) in [6.07, 6.45) is 13.7. The fourth-order valence-corrected chi connectivity index (χ4v) is 5.96. The zero-order chi connectivity index (χ0) is 16.8. The average Bonchev–Trinajstić information content (AvgIpc) is 2.49. The molecule has 0 aromatic rings. The summed E-state index contributed by atoms with van der Waals surface area (Å²) in [6, 6.07) is 1.15. The molecule has 0 fully saturated rings. The van der Waals surface area contributed by atoms with Crippen LogP contribution >= 0.6 is 0 Å². The predicted molar refractivity (Wildman–Crippen MR) is 101 cm³/mol. The number of hydrogen-bond donors (Lipinski definition) is 0. The van der Waals surface area contributed by atoms with Crippen molar-refractivity contribution >= 4 is 8.56 Å². The summed E-state index contributed by atoms with van der Waals surface area (Å²) in [6.45, 7) is 13.3. The lowest BCUT2D eigenvalue weighted by molar-refractivity contribution is 0.0907. The van der Waals surface area contributed by atoms with Gasteiger partial charge in [-0.25, -0.2) is 0 Å². The van der Waals surface area contributed by atoms with Gasteiger partial charge in [-0.3, -0.25) is 0 Å². The first-order valence-corrected chi connectivity index (χ1v) is 12.3. The van der Waals surface area contributed by atoms with Gasteiger partial charge in [0.05, 0.1) is 0 Å². The van der Waals surface area contributed by atoms with Crippen LogP contribution in [0.3, 0.4) is 0 Å². The van der Waals surface area contributed by atoms with Crippen molar-refractivity contribution in [3.05, 3.63) is 0 Å². The maximum atomic E-state index is 6.34. The minimum Gasteiger partial charge on any atom is -0.392 e. The van der Waals surface area contributed by atoms with E-state index in [-0.39, 0.29) is 0 Å². The molecule has 0 aliphatic heterocycles. The maximum Gasteiger partial charge on any atom is 0.335 e. The van der Waals surface area contributed by atoms with E-state index in [9.17, 15) is 0 Å². The lowest BCUT2D eigenvalue weighted by atomic mass is 10.1. The first-order chi connectivity index (χ1) is 10.5. The topological polar surface area (TPSA) is 18.5 Å². The van der Waals surface area contributed by atoms with Crippen molar-refractivity contribution in [2.24, 2.45) is 0 Å². The number of rotatable bonds is 15. The van der Waals surface area contributed by atoms with Crippen LogP contribution in [-0.4, -0.2) is 20.8 Å². The molecule has 2 atom stereocenters. The molecule has 0 heterocycles. The van der Waals surface area contributed by atoms with Crippen LogP contribution in [0.2, 0.25) is 12.6 Å².